The molecule has 8 aromatic rings. The molecule has 0 radical (unpaired) electrons. The zero-order valence-corrected chi connectivity index (χ0v) is 31.5. The van der Waals surface area contributed by atoms with Gasteiger partial charge >= 0.3 is 0 Å². The fourth-order valence-electron chi connectivity index (χ4n) is 6.94. The molecule has 0 fully saturated rings. The van der Waals surface area contributed by atoms with Crippen LogP contribution in [-0.4, -0.2) is 7.05 Å². The molecule has 0 aliphatic carbocycles. The molecule has 0 aliphatic rings. The van der Waals surface area contributed by atoms with E-state index in [1.807, 2.05) is 0 Å². The minimum Gasteiger partial charge on any atom is -0.333 e. The highest BCUT2D eigenvalue weighted by Crippen LogP contribution is 2.40. The molecule has 0 amide bonds. The summed E-state index contributed by atoms with van der Waals surface area (Å²) >= 11 is 0. The molecule has 8 aromatic carbocycles. The van der Waals surface area contributed by atoms with Crippen molar-refractivity contribution < 1.29 is 0 Å². The second kappa shape index (κ2) is 16.1. The maximum absolute atomic E-state index is 4.50. The summed E-state index contributed by atoms with van der Waals surface area (Å²) in [5.74, 6) is 0. The summed E-state index contributed by atoms with van der Waals surface area (Å²) in [5, 5.41) is 4.92. The molecule has 0 aliphatic heterocycles. The first-order chi connectivity index (χ1) is 26.4. The molecule has 8 rings (SSSR count). The van der Waals surface area contributed by atoms with E-state index in [1.165, 1.54) is 39.8 Å². The second-order valence-electron chi connectivity index (χ2n) is 14.3. The van der Waals surface area contributed by atoms with Gasteiger partial charge in [-0.05, 0) is 112 Å². The number of benzene rings is 8. The Labute approximate surface area is 320 Å². The standard InChI is InChI=1S/C50H42N2.CH5N/c1-50(2,3)42-27-34-46(35-28-42)52(49-19-11-15-40-13-9-10-18-48(40)49)45-31-24-38(25-32-45)21-20-37-22-29-44(30-23-37)51(43-16-5-4-6-17-43)47-33-26-39-12-7-8-14-41(39)36-47;1-2/h4-36H,1-3H3;2H2,1H3/b21-20+;. The van der Waals surface area contributed by atoms with Crippen LogP contribution >= 0.6 is 0 Å². The third kappa shape index (κ3) is 7.83. The van der Waals surface area contributed by atoms with Gasteiger partial charge in [-0.3, -0.25) is 0 Å². The van der Waals surface area contributed by atoms with Crippen molar-refractivity contribution in [1.29, 1.82) is 0 Å². The molecule has 266 valence electrons. The van der Waals surface area contributed by atoms with Crippen molar-refractivity contribution in [2.45, 2.75) is 26.2 Å². The second-order valence-corrected chi connectivity index (χ2v) is 14.3. The number of rotatable bonds is 8. The highest BCUT2D eigenvalue weighted by molar-refractivity contribution is 5.99. The van der Waals surface area contributed by atoms with Crippen LogP contribution in [0, 0.1) is 0 Å². The van der Waals surface area contributed by atoms with E-state index in [2.05, 4.69) is 237 Å². The highest BCUT2D eigenvalue weighted by Gasteiger charge is 2.18. The van der Waals surface area contributed by atoms with E-state index >= 15 is 0 Å². The molecule has 0 unspecified atom stereocenters. The van der Waals surface area contributed by atoms with E-state index in [-0.39, 0.29) is 5.41 Å². The number of nitrogens with zero attached hydrogens (tertiary/aromatic N) is 2. The van der Waals surface area contributed by atoms with Crippen LogP contribution in [0.25, 0.3) is 33.7 Å². The Hall–Kier alpha value is -6.42. The number of anilines is 6. The van der Waals surface area contributed by atoms with Crippen molar-refractivity contribution in [3.8, 4) is 0 Å². The van der Waals surface area contributed by atoms with Gasteiger partial charge in [-0.2, -0.15) is 0 Å². The number of fused-ring (bicyclic) bond motifs is 2. The first-order valence-corrected chi connectivity index (χ1v) is 18.6. The van der Waals surface area contributed by atoms with Gasteiger partial charge in [-0.25, -0.2) is 0 Å². The van der Waals surface area contributed by atoms with Gasteiger partial charge in [0.2, 0.25) is 0 Å². The van der Waals surface area contributed by atoms with Crippen LogP contribution in [0.1, 0.15) is 37.5 Å². The van der Waals surface area contributed by atoms with Crippen molar-refractivity contribution in [2.75, 3.05) is 16.8 Å². The Bertz CT molecular complexity index is 2470. The summed E-state index contributed by atoms with van der Waals surface area (Å²) < 4.78 is 0. The SMILES string of the molecule is CC(C)(C)c1ccc(N(c2ccc(/C=C/c3ccc(N(c4ccccc4)c4ccc5ccccc5c4)cc3)cc2)c2cccc3ccccc23)cc1.CN. The van der Waals surface area contributed by atoms with Crippen molar-refractivity contribution in [3.63, 3.8) is 0 Å². The van der Waals surface area contributed by atoms with Crippen LogP contribution in [0.3, 0.4) is 0 Å². The number of para-hydroxylation sites is 1. The molecule has 2 N–H and O–H groups in total. The zero-order valence-electron chi connectivity index (χ0n) is 31.5. The van der Waals surface area contributed by atoms with Gasteiger partial charge in [0, 0.05) is 33.8 Å². The maximum atomic E-state index is 4.50. The van der Waals surface area contributed by atoms with Gasteiger partial charge < -0.3 is 15.5 Å². The fourth-order valence-corrected chi connectivity index (χ4v) is 6.94. The van der Waals surface area contributed by atoms with Gasteiger partial charge in [-0.15, -0.1) is 0 Å². The Morgan fingerprint density at radius 1 is 0.389 bits per heavy atom. The summed E-state index contributed by atoms with van der Waals surface area (Å²) in [6.07, 6.45) is 4.38. The zero-order chi connectivity index (χ0) is 37.5. The Morgan fingerprint density at radius 3 is 1.46 bits per heavy atom. The average Bonchev–Trinajstić information content (AvgIpc) is 3.22. The van der Waals surface area contributed by atoms with Crippen LogP contribution in [0.4, 0.5) is 34.1 Å². The lowest BCUT2D eigenvalue weighted by Crippen LogP contribution is -2.13. The first kappa shape index (κ1) is 36.0. The summed E-state index contributed by atoms with van der Waals surface area (Å²) in [4.78, 5) is 4.69. The molecule has 0 spiro atoms. The van der Waals surface area contributed by atoms with Gasteiger partial charge in [0.1, 0.15) is 0 Å². The molecule has 3 heteroatoms. The van der Waals surface area contributed by atoms with Crippen molar-refractivity contribution in [1.82, 2.24) is 0 Å². The van der Waals surface area contributed by atoms with Crippen LogP contribution in [-0.2, 0) is 5.41 Å². The minimum atomic E-state index is 0.0929. The van der Waals surface area contributed by atoms with Crippen LogP contribution < -0.4 is 15.5 Å². The molecule has 0 saturated heterocycles. The Kier molecular flexibility index (Phi) is 10.7. The molecule has 0 heterocycles. The van der Waals surface area contributed by atoms with Gasteiger partial charge in [0.15, 0.2) is 0 Å². The Morgan fingerprint density at radius 2 is 0.852 bits per heavy atom. The third-order valence-electron chi connectivity index (χ3n) is 9.78. The van der Waals surface area contributed by atoms with Gasteiger partial charge in [-0.1, -0.05) is 154 Å². The molecule has 54 heavy (non-hydrogen) atoms. The molecule has 0 saturated carbocycles. The summed E-state index contributed by atoms with van der Waals surface area (Å²) in [6, 6.07) is 67.6. The number of nitrogens with two attached hydrogens (primary N) is 1. The normalized spacial score (nSPS) is 11.4. The highest BCUT2D eigenvalue weighted by atomic mass is 15.1. The summed E-state index contributed by atoms with van der Waals surface area (Å²) in [6.45, 7) is 6.78. The Balaban J connectivity index is 0.00000221. The lowest BCUT2D eigenvalue weighted by atomic mass is 9.87. The van der Waals surface area contributed by atoms with Crippen LogP contribution in [0.2, 0.25) is 0 Å². The third-order valence-corrected chi connectivity index (χ3v) is 9.78. The van der Waals surface area contributed by atoms with E-state index < -0.39 is 0 Å². The monoisotopic (exact) mass is 701 g/mol. The van der Waals surface area contributed by atoms with E-state index in [0.717, 1.165) is 39.6 Å². The van der Waals surface area contributed by atoms with Crippen molar-refractivity contribution >= 4 is 67.8 Å². The quantitative estimate of drug-likeness (QED) is 0.160. The largest absolute Gasteiger partial charge is 0.333 e. The maximum Gasteiger partial charge on any atom is 0.0540 e. The van der Waals surface area contributed by atoms with Crippen LogP contribution in [0.5, 0.6) is 0 Å². The summed E-state index contributed by atoms with van der Waals surface area (Å²) in [7, 11) is 1.50. The first-order valence-electron chi connectivity index (χ1n) is 18.6. The predicted octanol–water partition coefficient (Wildman–Crippen LogP) is 14.0. The van der Waals surface area contributed by atoms with E-state index in [0.29, 0.717) is 0 Å². The molecular formula is C51H47N3. The molecular weight excluding hydrogens is 655 g/mol. The minimum absolute atomic E-state index is 0.0929. The average molecular weight is 702 g/mol. The van der Waals surface area contributed by atoms with Gasteiger partial charge in [0.25, 0.3) is 0 Å². The lowest BCUT2D eigenvalue weighted by Gasteiger charge is -2.28. The number of hydrogen-bond acceptors (Lipinski definition) is 3. The van der Waals surface area contributed by atoms with Gasteiger partial charge in [0.05, 0.1) is 5.69 Å². The van der Waals surface area contributed by atoms with Crippen molar-refractivity contribution in [3.05, 3.63) is 205 Å². The lowest BCUT2D eigenvalue weighted by molar-refractivity contribution is 0.590. The topological polar surface area (TPSA) is 32.5 Å². The molecule has 0 bridgehead atoms. The summed E-state index contributed by atoms with van der Waals surface area (Å²) in [5.41, 5.74) is 15.0. The predicted molar refractivity (Wildman–Crippen MR) is 235 cm³/mol. The van der Waals surface area contributed by atoms with Crippen LogP contribution in [0.15, 0.2) is 188 Å². The van der Waals surface area contributed by atoms with E-state index in [1.54, 1.807) is 0 Å². The van der Waals surface area contributed by atoms with E-state index in [4.69, 9.17) is 0 Å². The molecule has 0 aromatic heterocycles. The molecule has 3 nitrogen and oxygen atoms in total. The van der Waals surface area contributed by atoms with Crippen molar-refractivity contribution in [2.24, 2.45) is 5.73 Å². The fraction of sp³-hybridized carbons (Fsp3) is 0.0980. The smallest absolute Gasteiger partial charge is 0.0540 e. The molecule has 0 atom stereocenters. The van der Waals surface area contributed by atoms with E-state index in [9.17, 15) is 0 Å². The number of hydrogen-bond donors (Lipinski definition) is 1.